The van der Waals surface area contributed by atoms with Gasteiger partial charge in [-0.25, -0.2) is 9.67 Å². The van der Waals surface area contributed by atoms with E-state index in [0.717, 1.165) is 37.7 Å². The fourth-order valence-corrected chi connectivity index (χ4v) is 4.64. The fraction of sp³-hybridized carbons (Fsp3) is 0.200. The van der Waals surface area contributed by atoms with E-state index >= 15 is 0 Å². The number of hydrogen-bond donors (Lipinski definition) is 1. The van der Waals surface area contributed by atoms with Gasteiger partial charge in [0.15, 0.2) is 5.65 Å². The maximum absolute atomic E-state index is 13.1. The first kappa shape index (κ1) is 17.6. The molecular weight excluding hydrogens is 388 g/mol. The van der Waals surface area contributed by atoms with E-state index < -0.39 is 0 Å². The molecule has 0 fully saturated rings. The summed E-state index contributed by atoms with van der Waals surface area (Å²) in [5.74, 6) is 0.755. The summed E-state index contributed by atoms with van der Waals surface area (Å²) >= 11 is 1.58. The van der Waals surface area contributed by atoms with E-state index in [1.165, 1.54) is 4.68 Å². The third-order valence-electron chi connectivity index (χ3n) is 4.94. The number of nitrogens with one attached hydrogen (secondary N) is 1. The smallest absolute Gasteiger partial charge is 0.291 e. The van der Waals surface area contributed by atoms with Crippen LogP contribution in [0, 0.1) is 0 Å². The van der Waals surface area contributed by atoms with Crippen LogP contribution in [0.25, 0.3) is 21.3 Å². The van der Waals surface area contributed by atoms with Crippen LogP contribution < -0.4 is 10.3 Å². The van der Waals surface area contributed by atoms with Gasteiger partial charge < -0.3 is 9.30 Å². The third kappa shape index (κ3) is 2.99. The molecule has 0 amide bonds. The van der Waals surface area contributed by atoms with E-state index in [4.69, 9.17) is 9.72 Å². The normalized spacial score (nSPS) is 11.5. The van der Waals surface area contributed by atoms with Gasteiger partial charge in [-0.15, -0.1) is 11.3 Å². The van der Waals surface area contributed by atoms with Crippen LogP contribution in [0.5, 0.6) is 5.75 Å². The van der Waals surface area contributed by atoms with Crippen molar-refractivity contribution in [2.75, 3.05) is 7.11 Å². The molecule has 146 valence electrons. The Bertz CT molecular complexity index is 1380. The average Bonchev–Trinajstić information content (AvgIpc) is 3.44. The van der Waals surface area contributed by atoms with Gasteiger partial charge in [-0.2, -0.15) is 10.2 Å². The third-order valence-corrected chi connectivity index (χ3v) is 6.01. The Kier molecular flexibility index (Phi) is 4.17. The molecule has 0 radical (unpaired) electrons. The Balaban J connectivity index is 1.56. The molecule has 5 rings (SSSR count). The van der Waals surface area contributed by atoms with Crippen LogP contribution in [0.2, 0.25) is 0 Å². The van der Waals surface area contributed by atoms with Crippen molar-refractivity contribution in [2.24, 2.45) is 7.05 Å². The van der Waals surface area contributed by atoms with Crippen molar-refractivity contribution >= 4 is 32.6 Å². The second-order valence-corrected chi connectivity index (χ2v) is 7.88. The van der Waals surface area contributed by atoms with Gasteiger partial charge in [0.1, 0.15) is 16.3 Å². The number of methoxy groups -OCH3 is 1. The largest absolute Gasteiger partial charge is 0.497 e. The van der Waals surface area contributed by atoms with E-state index in [0.29, 0.717) is 18.5 Å². The molecule has 0 aliphatic carbocycles. The first-order valence-electron chi connectivity index (χ1n) is 9.09. The summed E-state index contributed by atoms with van der Waals surface area (Å²) in [4.78, 5) is 17.9. The number of H-pyrrole nitrogens is 1. The highest BCUT2D eigenvalue weighted by Crippen LogP contribution is 2.31. The maximum Gasteiger partial charge on any atom is 0.291 e. The lowest BCUT2D eigenvalue weighted by molar-refractivity contribution is 0.414. The zero-order valence-corrected chi connectivity index (χ0v) is 16.7. The molecule has 0 aliphatic heterocycles. The van der Waals surface area contributed by atoms with Crippen LogP contribution in [0.1, 0.15) is 16.3 Å². The number of hydrogen-bond acceptors (Lipinski definition) is 6. The minimum Gasteiger partial charge on any atom is -0.497 e. The van der Waals surface area contributed by atoms with E-state index in [2.05, 4.69) is 15.3 Å². The number of aryl methyl sites for hydroxylation is 1. The lowest BCUT2D eigenvalue weighted by atomic mass is 10.2. The maximum atomic E-state index is 13.1. The Morgan fingerprint density at radius 2 is 2.17 bits per heavy atom. The molecule has 4 aromatic heterocycles. The molecule has 29 heavy (non-hydrogen) atoms. The molecule has 1 aromatic carbocycles. The van der Waals surface area contributed by atoms with Gasteiger partial charge in [0.25, 0.3) is 5.56 Å². The van der Waals surface area contributed by atoms with Gasteiger partial charge in [-0.1, -0.05) is 12.1 Å². The van der Waals surface area contributed by atoms with Gasteiger partial charge in [-0.05, 0) is 23.8 Å². The average molecular weight is 406 g/mol. The number of rotatable bonds is 5. The van der Waals surface area contributed by atoms with Gasteiger partial charge >= 0.3 is 0 Å². The number of fused-ring (bicyclic) bond motifs is 3. The van der Waals surface area contributed by atoms with Gasteiger partial charge in [-0.3, -0.25) is 9.89 Å². The molecule has 0 saturated carbocycles. The Morgan fingerprint density at radius 1 is 1.28 bits per heavy atom. The van der Waals surface area contributed by atoms with Crippen molar-refractivity contribution in [3.63, 3.8) is 0 Å². The molecule has 9 heteroatoms. The summed E-state index contributed by atoms with van der Waals surface area (Å²) in [6.45, 7) is 0.378. The Morgan fingerprint density at radius 3 is 2.97 bits per heavy atom. The standard InChI is InChI=1S/C20H18N6O2S/c1-25-17-15(18-19(25)23-16(29-18)9-13-6-7-21-24-13)10-22-26(20(17)27)11-12-4-3-5-14(8-12)28-2/h3-8,10H,9,11H2,1-2H3,(H,21,24). The summed E-state index contributed by atoms with van der Waals surface area (Å²) < 4.78 is 9.59. The molecule has 0 aliphatic rings. The molecule has 1 N–H and O–H groups in total. The Hall–Kier alpha value is -3.46. The highest BCUT2D eigenvalue weighted by molar-refractivity contribution is 7.19. The van der Waals surface area contributed by atoms with Crippen molar-refractivity contribution in [1.82, 2.24) is 29.5 Å². The quantitative estimate of drug-likeness (QED) is 0.485. The fourth-order valence-electron chi connectivity index (χ4n) is 3.51. The predicted octanol–water partition coefficient (Wildman–Crippen LogP) is 2.72. The molecule has 0 spiro atoms. The molecule has 8 nitrogen and oxygen atoms in total. The van der Waals surface area contributed by atoms with Crippen LogP contribution >= 0.6 is 11.3 Å². The van der Waals surface area contributed by atoms with Crippen molar-refractivity contribution < 1.29 is 4.74 Å². The number of ether oxygens (including phenoxy) is 1. The first-order chi connectivity index (χ1) is 14.1. The van der Waals surface area contributed by atoms with Crippen LogP contribution in [-0.4, -0.2) is 36.6 Å². The highest BCUT2D eigenvalue weighted by Gasteiger charge is 2.18. The summed E-state index contributed by atoms with van der Waals surface area (Å²) in [6, 6.07) is 9.57. The van der Waals surface area contributed by atoms with Crippen molar-refractivity contribution in [2.45, 2.75) is 13.0 Å². The number of aromatic amines is 1. The second-order valence-electron chi connectivity index (χ2n) is 6.80. The minimum atomic E-state index is -0.131. The molecule has 0 atom stereocenters. The minimum absolute atomic E-state index is 0.131. The molecular formula is C20H18N6O2S. The van der Waals surface area contributed by atoms with E-state index in [-0.39, 0.29) is 5.56 Å². The summed E-state index contributed by atoms with van der Waals surface area (Å²) in [5.41, 5.74) is 3.25. The SMILES string of the molecule is COc1cccc(Cn2ncc3c4sc(Cc5ccn[nH]5)nc4n(C)c3c2=O)c1. The summed E-state index contributed by atoms with van der Waals surface area (Å²) in [7, 11) is 3.50. The molecule has 0 bridgehead atoms. The molecule has 5 aromatic rings. The van der Waals surface area contributed by atoms with E-state index in [9.17, 15) is 4.79 Å². The Labute approximate surface area is 169 Å². The van der Waals surface area contributed by atoms with Gasteiger partial charge in [0, 0.05) is 30.7 Å². The second kappa shape index (κ2) is 6.85. The van der Waals surface area contributed by atoms with Crippen LogP contribution in [0.3, 0.4) is 0 Å². The lowest BCUT2D eigenvalue weighted by Gasteiger charge is -2.07. The van der Waals surface area contributed by atoms with Gasteiger partial charge in [0.05, 0.1) is 24.6 Å². The molecule has 4 heterocycles. The van der Waals surface area contributed by atoms with Crippen molar-refractivity contribution in [3.05, 3.63) is 69.3 Å². The van der Waals surface area contributed by atoms with Crippen LogP contribution in [-0.2, 0) is 20.0 Å². The van der Waals surface area contributed by atoms with Crippen LogP contribution in [0.15, 0.2) is 47.5 Å². The van der Waals surface area contributed by atoms with Crippen molar-refractivity contribution in [3.8, 4) is 5.75 Å². The zero-order chi connectivity index (χ0) is 20.0. The van der Waals surface area contributed by atoms with Gasteiger partial charge in [0.2, 0.25) is 0 Å². The lowest BCUT2D eigenvalue weighted by Crippen LogP contribution is -2.24. The number of thiazole rings is 1. The van der Waals surface area contributed by atoms with Crippen molar-refractivity contribution in [1.29, 1.82) is 0 Å². The van der Waals surface area contributed by atoms with Crippen LogP contribution in [0.4, 0.5) is 0 Å². The molecule has 0 saturated heterocycles. The summed E-state index contributed by atoms with van der Waals surface area (Å²) in [5, 5.41) is 13.2. The summed E-state index contributed by atoms with van der Waals surface area (Å²) in [6.07, 6.45) is 4.17. The topological polar surface area (TPSA) is 90.6 Å². The number of nitrogens with zero attached hydrogens (tertiary/aromatic N) is 5. The predicted molar refractivity (Wildman–Crippen MR) is 112 cm³/mol. The highest BCUT2D eigenvalue weighted by atomic mass is 32.1. The van der Waals surface area contributed by atoms with E-state index in [1.807, 2.05) is 41.9 Å². The van der Waals surface area contributed by atoms with E-state index in [1.54, 1.807) is 30.8 Å². The number of aromatic nitrogens is 6. The molecule has 0 unspecified atom stereocenters. The first-order valence-corrected chi connectivity index (χ1v) is 9.91. The monoisotopic (exact) mass is 406 g/mol. The zero-order valence-electron chi connectivity index (χ0n) is 15.9. The number of benzene rings is 1.